The van der Waals surface area contributed by atoms with Crippen LogP contribution in [0.15, 0.2) is 36.9 Å². The Kier molecular flexibility index (Phi) is 4.00. The van der Waals surface area contributed by atoms with Gasteiger partial charge in [-0.1, -0.05) is 18.7 Å². The van der Waals surface area contributed by atoms with E-state index in [0.29, 0.717) is 11.5 Å². The van der Waals surface area contributed by atoms with E-state index in [9.17, 15) is 4.79 Å². The van der Waals surface area contributed by atoms with Crippen LogP contribution in [0.25, 0.3) is 12.2 Å². The normalized spacial score (nSPS) is 10.7. The van der Waals surface area contributed by atoms with Crippen molar-refractivity contribution in [2.24, 2.45) is 5.73 Å². The molecule has 4 N–H and O–H groups in total. The number of hydrogen-bond acceptors (Lipinski definition) is 3. The topological polar surface area (TPSA) is 83.8 Å². The number of carbonyl (C=O) groups excluding carboxylic acids is 1. The lowest BCUT2D eigenvalue weighted by Crippen LogP contribution is -2.10. The van der Waals surface area contributed by atoms with Gasteiger partial charge in [0.25, 0.3) is 0 Å². The Morgan fingerprint density at radius 2 is 2.30 bits per heavy atom. The lowest BCUT2D eigenvalue weighted by atomic mass is 10.2. The van der Waals surface area contributed by atoms with E-state index in [0.717, 1.165) is 17.1 Å². The van der Waals surface area contributed by atoms with E-state index < -0.39 is 5.91 Å². The van der Waals surface area contributed by atoms with Crippen LogP contribution < -0.4 is 11.1 Å². The molecule has 0 radical (unpaired) electrons. The fraction of sp³-hybridized carbons (Fsp3) is 0.0667. The maximum Gasteiger partial charge on any atom is 0.248 e. The molecule has 0 bridgehead atoms. The highest BCUT2D eigenvalue weighted by molar-refractivity contribution is 5.93. The molecular formula is C15H16N4O. The summed E-state index contributed by atoms with van der Waals surface area (Å²) in [5.41, 5.74) is 8.06. The van der Waals surface area contributed by atoms with Crippen molar-refractivity contribution in [3.63, 3.8) is 0 Å². The zero-order valence-electron chi connectivity index (χ0n) is 11.2. The molecule has 20 heavy (non-hydrogen) atoms. The summed E-state index contributed by atoms with van der Waals surface area (Å²) in [5, 5.41) is 3.10. The first-order valence-electron chi connectivity index (χ1n) is 6.16. The number of aromatic nitrogens is 2. The first-order chi connectivity index (χ1) is 9.63. The van der Waals surface area contributed by atoms with Gasteiger partial charge in [-0.3, -0.25) is 4.79 Å². The number of rotatable bonds is 5. The van der Waals surface area contributed by atoms with Gasteiger partial charge in [0.2, 0.25) is 11.9 Å². The zero-order valence-corrected chi connectivity index (χ0v) is 11.2. The maximum atomic E-state index is 11.1. The number of H-pyrrole nitrogens is 1. The molecule has 0 saturated carbocycles. The molecule has 2 aromatic rings. The number of imidazole rings is 1. The third kappa shape index (κ3) is 2.95. The zero-order chi connectivity index (χ0) is 14.5. The second-order valence-electron chi connectivity index (χ2n) is 4.16. The molecule has 0 unspecified atom stereocenters. The number of allylic oxidation sites excluding steroid dienone is 1. The van der Waals surface area contributed by atoms with Crippen LogP contribution in [0.1, 0.15) is 28.7 Å². The monoisotopic (exact) mass is 268 g/mol. The van der Waals surface area contributed by atoms with Crippen LogP contribution in [0, 0.1) is 0 Å². The van der Waals surface area contributed by atoms with Gasteiger partial charge < -0.3 is 16.0 Å². The van der Waals surface area contributed by atoms with Gasteiger partial charge in [-0.05, 0) is 37.3 Å². The number of nitrogens with two attached hydrogens (primary N) is 1. The van der Waals surface area contributed by atoms with E-state index in [4.69, 9.17) is 5.73 Å². The molecule has 0 spiro atoms. The highest BCUT2D eigenvalue weighted by Gasteiger charge is 2.06. The molecule has 0 saturated heterocycles. The molecule has 1 aromatic carbocycles. The van der Waals surface area contributed by atoms with Gasteiger partial charge in [-0.25, -0.2) is 4.98 Å². The van der Waals surface area contributed by atoms with E-state index in [1.165, 1.54) is 0 Å². The standard InChI is InChI=1S/C15H16N4O/c1-3-6-13-12(4-2)18-15(19-13)17-11-8-5-7-10(9-11)14(16)20/h3-9H,2H2,1H3,(H2,16,20)(H2,17,18,19)/b6-3-. The van der Waals surface area contributed by atoms with Crippen molar-refractivity contribution < 1.29 is 4.79 Å². The van der Waals surface area contributed by atoms with Crippen LogP contribution in [-0.2, 0) is 0 Å². The smallest absolute Gasteiger partial charge is 0.248 e. The molecular weight excluding hydrogens is 252 g/mol. The van der Waals surface area contributed by atoms with Gasteiger partial charge in [-0.15, -0.1) is 0 Å². The molecule has 5 heteroatoms. The molecule has 0 aliphatic heterocycles. The number of hydrogen-bond donors (Lipinski definition) is 3. The molecule has 0 aliphatic rings. The Morgan fingerprint density at radius 3 is 2.95 bits per heavy atom. The van der Waals surface area contributed by atoms with Crippen LogP contribution in [0.4, 0.5) is 11.6 Å². The van der Waals surface area contributed by atoms with Gasteiger partial charge in [-0.2, -0.15) is 0 Å². The minimum Gasteiger partial charge on any atom is -0.366 e. The van der Waals surface area contributed by atoms with Crippen LogP contribution in [0.5, 0.6) is 0 Å². The van der Waals surface area contributed by atoms with Crippen molar-refractivity contribution in [1.82, 2.24) is 9.97 Å². The number of nitrogens with one attached hydrogen (secondary N) is 2. The van der Waals surface area contributed by atoms with Gasteiger partial charge >= 0.3 is 0 Å². The van der Waals surface area contributed by atoms with Crippen molar-refractivity contribution in [1.29, 1.82) is 0 Å². The van der Waals surface area contributed by atoms with Gasteiger partial charge in [0, 0.05) is 11.3 Å². The molecule has 2 rings (SSSR count). The van der Waals surface area contributed by atoms with Crippen molar-refractivity contribution in [2.75, 3.05) is 5.32 Å². The van der Waals surface area contributed by atoms with Crippen LogP contribution in [-0.4, -0.2) is 15.9 Å². The summed E-state index contributed by atoms with van der Waals surface area (Å²) in [6.45, 7) is 5.65. The number of amides is 1. The number of nitrogens with zero attached hydrogens (tertiary/aromatic N) is 1. The van der Waals surface area contributed by atoms with E-state index >= 15 is 0 Å². The van der Waals surface area contributed by atoms with Crippen molar-refractivity contribution in [2.45, 2.75) is 6.92 Å². The molecule has 1 amide bonds. The molecule has 1 heterocycles. The Hall–Kier alpha value is -2.82. The number of aromatic amines is 1. The Morgan fingerprint density at radius 1 is 1.50 bits per heavy atom. The Bertz CT molecular complexity index is 670. The molecule has 1 aromatic heterocycles. The summed E-state index contributed by atoms with van der Waals surface area (Å²) in [6, 6.07) is 6.92. The number of benzene rings is 1. The third-order valence-corrected chi connectivity index (χ3v) is 2.70. The van der Waals surface area contributed by atoms with E-state index in [-0.39, 0.29) is 0 Å². The summed E-state index contributed by atoms with van der Waals surface area (Å²) in [6.07, 6.45) is 5.50. The van der Waals surface area contributed by atoms with Gasteiger partial charge in [0.1, 0.15) is 0 Å². The number of primary amides is 1. The van der Waals surface area contributed by atoms with E-state index in [2.05, 4.69) is 21.9 Å². The SMILES string of the molecule is C=Cc1nc(Nc2cccc(C(N)=O)c2)[nH]c1/C=C\C. The minimum atomic E-state index is -0.463. The van der Waals surface area contributed by atoms with Crippen molar-refractivity contribution in [3.8, 4) is 0 Å². The Labute approximate surface area is 117 Å². The summed E-state index contributed by atoms with van der Waals surface area (Å²) >= 11 is 0. The van der Waals surface area contributed by atoms with Crippen LogP contribution in [0.2, 0.25) is 0 Å². The maximum absolute atomic E-state index is 11.1. The summed E-state index contributed by atoms with van der Waals surface area (Å²) < 4.78 is 0. The van der Waals surface area contributed by atoms with Gasteiger partial charge in [0.05, 0.1) is 11.4 Å². The molecule has 102 valence electrons. The molecule has 0 atom stereocenters. The van der Waals surface area contributed by atoms with Crippen LogP contribution >= 0.6 is 0 Å². The first-order valence-corrected chi connectivity index (χ1v) is 6.16. The summed E-state index contributed by atoms with van der Waals surface area (Å²) in [4.78, 5) is 18.6. The second-order valence-corrected chi connectivity index (χ2v) is 4.16. The van der Waals surface area contributed by atoms with Gasteiger partial charge in [0.15, 0.2) is 0 Å². The number of anilines is 2. The quantitative estimate of drug-likeness (QED) is 0.779. The lowest BCUT2D eigenvalue weighted by Gasteiger charge is -2.03. The molecule has 0 fully saturated rings. The average Bonchev–Trinajstić information content (AvgIpc) is 2.81. The summed E-state index contributed by atoms with van der Waals surface area (Å²) in [7, 11) is 0. The van der Waals surface area contributed by atoms with Crippen molar-refractivity contribution in [3.05, 3.63) is 53.9 Å². The predicted octanol–water partition coefficient (Wildman–Crippen LogP) is 2.93. The molecule has 5 nitrogen and oxygen atoms in total. The van der Waals surface area contributed by atoms with Crippen LogP contribution in [0.3, 0.4) is 0 Å². The summed E-state index contributed by atoms with van der Waals surface area (Å²) in [5.74, 6) is 0.115. The highest BCUT2D eigenvalue weighted by Crippen LogP contribution is 2.18. The fourth-order valence-electron chi connectivity index (χ4n) is 1.80. The predicted molar refractivity (Wildman–Crippen MR) is 81.6 cm³/mol. The largest absolute Gasteiger partial charge is 0.366 e. The second kappa shape index (κ2) is 5.88. The fourth-order valence-corrected chi connectivity index (χ4v) is 1.80. The highest BCUT2D eigenvalue weighted by atomic mass is 16.1. The van der Waals surface area contributed by atoms with E-state index in [1.807, 2.05) is 25.1 Å². The van der Waals surface area contributed by atoms with E-state index in [1.54, 1.807) is 24.3 Å². The average molecular weight is 268 g/mol. The Balaban J connectivity index is 2.28. The lowest BCUT2D eigenvalue weighted by molar-refractivity contribution is 0.100. The number of carbonyl (C=O) groups is 1. The first kappa shape index (κ1) is 13.6. The molecule has 0 aliphatic carbocycles. The van der Waals surface area contributed by atoms with Crippen molar-refractivity contribution >= 4 is 29.7 Å². The third-order valence-electron chi connectivity index (χ3n) is 2.70. The minimum absolute atomic E-state index is 0.444.